The molecular formula is C23H22F3N3OS. The zero-order valence-corrected chi connectivity index (χ0v) is 17.7. The van der Waals surface area contributed by atoms with Gasteiger partial charge in [0.2, 0.25) is 5.91 Å². The fourth-order valence-electron chi connectivity index (χ4n) is 3.30. The molecule has 1 saturated carbocycles. The van der Waals surface area contributed by atoms with Crippen LogP contribution >= 0.6 is 11.8 Å². The number of halogens is 3. The van der Waals surface area contributed by atoms with Crippen molar-refractivity contribution in [1.82, 2.24) is 9.78 Å². The number of para-hydroxylation sites is 1. The third-order valence-corrected chi connectivity index (χ3v) is 6.19. The standard InChI is InChI=1S/C23H22F3N3OS/c1-15(14-29-19(16-11-12-16)13-21(28-29)23(24,25)26)22(30)27-18-9-5-6-10-20(18)31-17-7-3-2-4-8-17/h2-10,13,15-16H,11-12,14H2,1H3,(H,27,30). The minimum Gasteiger partial charge on any atom is -0.325 e. The summed E-state index contributed by atoms with van der Waals surface area (Å²) in [5.41, 5.74) is 0.339. The Morgan fingerprint density at radius 1 is 1.16 bits per heavy atom. The Labute approximate surface area is 182 Å². The summed E-state index contributed by atoms with van der Waals surface area (Å²) in [7, 11) is 0. The van der Waals surface area contributed by atoms with Crippen LogP contribution in [0.4, 0.5) is 18.9 Å². The average molecular weight is 446 g/mol. The molecule has 1 N–H and O–H groups in total. The average Bonchev–Trinajstić information content (AvgIpc) is 3.49. The molecule has 1 heterocycles. The van der Waals surface area contributed by atoms with Crippen molar-refractivity contribution >= 4 is 23.4 Å². The number of benzene rings is 2. The third-order valence-electron chi connectivity index (χ3n) is 5.11. The summed E-state index contributed by atoms with van der Waals surface area (Å²) in [6.07, 6.45) is -2.78. The minimum absolute atomic E-state index is 0.0989. The molecule has 1 amide bonds. The zero-order valence-electron chi connectivity index (χ0n) is 16.9. The summed E-state index contributed by atoms with van der Waals surface area (Å²) in [6, 6.07) is 18.4. The molecule has 0 bridgehead atoms. The van der Waals surface area contributed by atoms with Gasteiger partial charge in [0.1, 0.15) is 0 Å². The van der Waals surface area contributed by atoms with Crippen LogP contribution in [0.2, 0.25) is 0 Å². The lowest BCUT2D eigenvalue weighted by Crippen LogP contribution is -2.26. The second-order valence-corrected chi connectivity index (χ2v) is 8.83. The van der Waals surface area contributed by atoms with Gasteiger partial charge in [-0.05, 0) is 43.2 Å². The summed E-state index contributed by atoms with van der Waals surface area (Å²) < 4.78 is 40.7. The Kier molecular flexibility index (Phi) is 6.09. The topological polar surface area (TPSA) is 46.9 Å². The van der Waals surface area contributed by atoms with E-state index < -0.39 is 17.8 Å². The molecule has 1 atom stereocenters. The lowest BCUT2D eigenvalue weighted by Gasteiger charge is -2.16. The van der Waals surface area contributed by atoms with Gasteiger partial charge < -0.3 is 5.32 Å². The van der Waals surface area contributed by atoms with Crippen LogP contribution in [-0.4, -0.2) is 15.7 Å². The molecule has 0 radical (unpaired) electrons. The molecule has 1 aromatic heterocycles. The molecular weight excluding hydrogens is 423 g/mol. The van der Waals surface area contributed by atoms with E-state index in [2.05, 4.69) is 10.4 Å². The molecule has 0 aliphatic heterocycles. The molecule has 1 unspecified atom stereocenters. The Morgan fingerprint density at radius 2 is 1.84 bits per heavy atom. The van der Waals surface area contributed by atoms with Crippen molar-refractivity contribution in [3.8, 4) is 0 Å². The predicted octanol–water partition coefficient (Wildman–Crippen LogP) is 6.21. The fraction of sp³-hybridized carbons (Fsp3) is 0.304. The maximum Gasteiger partial charge on any atom is 0.435 e. The van der Waals surface area contributed by atoms with E-state index in [4.69, 9.17) is 0 Å². The summed E-state index contributed by atoms with van der Waals surface area (Å²) in [5.74, 6) is -0.706. The fourth-order valence-corrected chi connectivity index (χ4v) is 4.22. The first-order valence-corrected chi connectivity index (χ1v) is 10.9. The monoisotopic (exact) mass is 445 g/mol. The molecule has 4 rings (SSSR count). The van der Waals surface area contributed by atoms with Crippen LogP contribution in [0.1, 0.15) is 37.1 Å². The number of aromatic nitrogens is 2. The molecule has 3 aromatic rings. The van der Waals surface area contributed by atoms with Crippen molar-refractivity contribution in [2.75, 3.05) is 5.32 Å². The number of anilines is 1. The van der Waals surface area contributed by atoms with Gasteiger partial charge in [0, 0.05) is 21.4 Å². The number of rotatable bonds is 7. The van der Waals surface area contributed by atoms with Crippen LogP contribution in [0.25, 0.3) is 0 Å². The van der Waals surface area contributed by atoms with E-state index >= 15 is 0 Å². The number of carbonyl (C=O) groups is 1. The lowest BCUT2D eigenvalue weighted by molar-refractivity contribution is -0.141. The van der Waals surface area contributed by atoms with Gasteiger partial charge in [-0.1, -0.05) is 49.0 Å². The maximum atomic E-state index is 13.1. The van der Waals surface area contributed by atoms with Crippen LogP contribution in [0.3, 0.4) is 0 Å². The van der Waals surface area contributed by atoms with Gasteiger partial charge >= 0.3 is 6.18 Å². The van der Waals surface area contributed by atoms with Gasteiger partial charge in [-0.3, -0.25) is 9.48 Å². The van der Waals surface area contributed by atoms with Crippen molar-refractivity contribution < 1.29 is 18.0 Å². The largest absolute Gasteiger partial charge is 0.435 e. The van der Waals surface area contributed by atoms with Crippen LogP contribution in [0.5, 0.6) is 0 Å². The van der Waals surface area contributed by atoms with E-state index in [0.29, 0.717) is 11.4 Å². The molecule has 0 spiro atoms. The zero-order chi connectivity index (χ0) is 22.0. The molecule has 1 aliphatic rings. The second-order valence-electron chi connectivity index (χ2n) is 7.71. The van der Waals surface area contributed by atoms with E-state index in [1.54, 1.807) is 6.92 Å². The number of amides is 1. The van der Waals surface area contributed by atoms with Gasteiger partial charge in [0.25, 0.3) is 0 Å². The number of nitrogens with one attached hydrogen (secondary N) is 1. The number of carbonyl (C=O) groups excluding carboxylic acids is 1. The highest BCUT2D eigenvalue weighted by Crippen LogP contribution is 2.42. The van der Waals surface area contributed by atoms with Gasteiger partial charge in [-0.25, -0.2) is 0 Å². The van der Waals surface area contributed by atoms with E-state index in [1.807, 2.05) is 54.6 Å². The molecule has 1 fully saturated rings. The highest BCUT2D eigenvalue weighted by atomic mass is 32.2. The number of nitrogens with zero attached hydrogens (tertiary/aromatic N) is 2. The quantitative estimate of drug-likeness (QED) is 0.471. The first-order valence-electron chi connectivity index (χ1n) is 10.1. The Bertz CT molecular complexity index is 1060. The predicted molar refractivity (Wildman–Crippen MR) is 114 cm³/mol. The molecule has 2 aromatic carbocycles. The highest BCUT2D eigenvalue weighted by molar-refractivity contribution is 7.99. The van der Waals surface area contributed by atoms with Crippen molar-refractivity contribution in [3.63, 3.8) is 0 Å². The van der Waals surface area contributed by atoms with E-state index in [0.717, 1.165) is 28.7 Å². The smallest absolute Gasteiger partial charge is 0.325 e. The summed E-state index contributed by atoms with van der Waals surface area (Å²) in [6.45, 7) is 1.80. The normalized spacial score (nSPS) is 15.0. The number of hydrogen-bond donors (Lipinski definition) is 1. The van der Waals surface area contributed by atoms with Crippen LogP contribution in [0, 0.1) is 5.92 Å². The van der Waals surface area contributed by atoms with Gasteiger partial charge in [-0.15, -0.1) is 0 Å². The Balaban J connectivity index is 1.47. The van der Waals surface area contributed by atoms with Crippen molar-refractivity contribution in [2.45, 2.75) is 48.2 Å². The van der Waals surface area contributed by atoms with Crippen molar-refractivity contribution in [2.24, 2.45) is 5.92 Å². The van der Waals surface area contributed by atoms with Gasteiger partial charge in [-0.2, -0.15) is 18.3 Å². The molecule has 0 saturated heterocycles. The van der Waals surface area contributed by atoms with E-state index in [-0.39, 0.29) is 18.4 Å². The number of alkyl halides is 3. The van der Waals surface area contributed by atoms with Crippen molar-refractivity contribution in [3.05, 3.63) is 72.1 Å². The van der Waals surface area contributed by atoms with Crippen molar-refractivity contribution in [1.29, 1.82) is 0 Å². The summed E-state index contributed by atoms with van der Waals surface area (Å²) in [5, 5.41) is 6.68. The van der Waals surface area contributed by atoms with E-state index in [9.17, 15) is 18.0 Å². The Hall–Kier alpha value is -2.74. The number of hydrogen-bond acceptors (Lipinski definition) is 3. The lowest BCUT2D eigenvalue weighted by atomic mass is 10.1. The molecule has 4 nitrogen and oxygen atoms in total. The molecule has 1 aliphatic carbocycles. The summed E-state index contributed by atoms with van der Waals surface area (Å²) in [4.78, 5) is 14.8. The van der Waals surface area contributed by atoms with E-state index in [1.165, 1.54) is 16.4 Å². The SMILES string of the molecule is CC(Cn1nc(C(F)(F)F)cc1C1CC1)C(=O)Nc1ccccc1Sc1ccccc1. The summed E-state index contributed by atoms with van der Waals surface area (Å²) >= 11 is 1.54. The maximum absolute atomic E-state index is 13.1. The van der Waals surface area contributed by atoms with Gasteiger partial charge in [0.15, 0.2) is 5.69 Å². The van der Waals surface area contributed by atoms with Crippen LogP contribution < -0.4 is 5.32 Å². The van der Waals surface area contributed by atoms with Crippen LogP contribution in [0.15, 0.2) is 70.5 Å². The second kappa shape index (κ2) is 8.78. The minimum atomic E-state index is -4.49. The Morgan fingerprint density at radius 3 is 2.52 bits per heavy atom. The third kappa shape index (κ3) is 5.31. The molecule has 8 heteroatoms. The molecule has 31 heavy (non-hydrogen) atoms. The van der Waals surface area contributed by atoms with Gasteiger partial charge in [0.05, 0.1) is 18.2 Å². The first kappa shape index (κ1) is 21.5. The highest BCUT2D eigenvalue weighted by Gasteiger charge is 2.38. The van der Waals surface area contributed by atoms with Crippen LogP contribution in [-0.2, 0) is 17.5 Å². The first-order chi connectivity index (χ1) is 14.8. The molecule has 162 valence electrons.